The Morgan fingerprint density at radius 1 is 1.86 bits per heavy atom. The molecule has 7 heavy (non-hydrogen) atoms. The predicted molar refractivity (Wildman–Crippen MR) is 32.2 cm³/mol. The maximum absolute atomic E-state index is 9.88. The van der Waals surface area contributed by atoms with E-state index >= 15 is 0 Å². The molecule has 0 radical (unpaired) electrons. The van der Waals surface area contributed by atoms with Gasteiger partial charge in [0, 0.05) is 0 Å². The molecule has 5 heteroatoms. The van der Waals surface area contributed by atoms with Gasteiger partial charge in [0.2, 0.25) is 0 Å². The first-order valence-electron chi connectivity index (χ1n) is 1.51. The SMILES string of the molecule is CON([O-])OCI. The van der Waals surface area contributed by atoms with Gasteiger partial charge in [0.1, 0.15) is 4.61 Å². The van der Waals surface area contributed by atoms with Gasteiger partial charge in [0.25, 0.3) is 0 Å². The van der Waals surface area contributed by atoms with Crippen LogP contribution in [0.1, 0.15) is 0 Å². The number of hydrogen-bond donors (Lipinski definition) is 0. The normalized spacial score (nSPS) is 10.3. The van der Waals surface area contributed by atoms with Crippen molar-refractivity contribution in [2.45, 2.75) is 0 Å². The van der Waals surface area contributed by atoms with Crippen molar-refractivity contribution in [1.82, 2.24) is 5.39 Å². The fourth-order valence-corrected chi connectivity index (χ4v) is 0.320. The van der Waals surface area contributed by atoms with Crippen LogP contribution < -0.4 is 0 Å². The summed E-state index contributed by atoms with van der Waals surface area (Å²) in [6.07, 6.45) is 0. The Morgan fingerprint density at radius 2 is 2.43 bits per heavy atom. The van der Waals surface area contributed by atoms with E-state index in [9.17, 15) is 5.21 Å². The van der Waals surface area contributed by atoms with Crippen LogP contribution in [0.25, 0.3) is 0 Å². The molecule has 0 bridgehead atoms. The van der Waals surface area contributed by atoms with Crippen LogP contribution in [0.2, 0.25) is 0 Å². The average molecular weight is 218 g/mol. The molecule has 0 heterocycles. The second-order valence-corrected chi connectivity index (χ2v) is 1.27. The highest BCUT2D eigenvalue weighted by Gasteiger charge is 1.79. The van der Waals surface area contributed by atoms with E-state index in [0.717, 1.165) is 0 Å². The Hall–Kier alpha value is 0.570. The number of hydrogen-bond acceptors (Lipinski definition) is 4. The minimum absolute atomic E-state index is 0.0481. The molecular weight excluding hydrogens is 213 g/mol. The highest BCUT2D eigenvalue weighted by molar-refractivity contribution is 14.1. The van der Waals surface area contributed by atoms with Gasteiger partial charge in [-0.25, -0.2) is 0 Å². The zero-order valence-corrected chi connectivity index (χ0v) is 5.91. The molecule has 0 fully saturated rings. The average Bonchev–Trinajstić information content (AvgIpc) is 1.68. The van der Waals surface area contributed by atoms with Crippen molar-refractivity contribution in [2.24, 2.45) is 0 Å². The molecule has 0 spiro atoms. The van der Waals surface area contributed by atoms with Gasteiger partial charge in [-0.05, 0) is 0 Å². The fraction of sp³-hybridized carbons (Fsp3) is 1.00. The van der Waals surface area contributed by atoms with Crippen LogP contribution in [0, 0.1) is 5.21 Å². The van der Waals surface area contributed by atoms with Gasteiger partial charge in [-0.15, -0.1) is 5.39 Å². The van der Waals surface area contributed by atoms with Crippen molar-refractivity contribution in [3.05, 3.63) is 5.21 Å². The van der Waals surface area contributed by atoms with Crippen LogP contribution in [0.15, 0.2) is 0 Å². The van der Waals surface area contributed by atoms with E-state index in [1.807, 2.05) is 22.6 Å². The van der Waals surface area contributed by atoms with Gasteiger partial charge in [0.15, 0.2) is 0 Å². The Balaban J connectivity index is 2.83. The second kappa shape index (κ2) is 4.72. The van der Waals surface area contributed by atoms with E-state index in [0.29, 0.717) is 4.61 Å². The van der Waals surface area contributed by atoms with E-state index in [4.69, 9.17) is 0 Å². The smallest absolute Gasteiger partial charge is 0.121 e. The van der Waals surface area contributed by atoms with E-state index in [-0.39, 0.29) is 5.39 Å². The van der Waals surface area contributed by atoms with Crippen molar-refractivity contribution >= 4 is 22.6 Å². The Morgan fingerprint density at radius 3 is 2.57 bits per heavy atom. The summed E-state index contributed by atoms with van der Waals surface area (Å²) < 4.78 is 0.301. The molecule has 0 saturated carbocycles. The van der Waals surface area contributed by atoms with Gasteiger partial charge >= 0.3 is 0 Å². The number of nitrogens with zero attached hydrogens (tertiary/aromatic N) is 1. The number of alkyl halides is 1. The van der Waals surface area contributed by atoms with E-state index in [1.54, 1.807) is 0 Å². The third-order valence-electron chi connectivity index (χ3n) is 0.303. The summed E-state index contributed by atoms with van der Waals surface area (Å²) >= 11 is 1.88. The molecule has 0 N–H and O–H groups in total. The molecular formula is C2H5INO3-. The van der Waals surface area contributed by atoms with Crippen molar-refractivity contribution < 1.29 is 9.68 Å². The van der Waals surface area contributed by atoms with Crippen LogP contribution in [0.5, 0.6) is 0 Å². The maximum Gasteiger partial charge on any atom is 0.121 e. The van der Waals surface area contributed by atoms with Crippen molar-refractivity contribution in [3.63, 3.8) is 0 Å². The maximum atomic E-state index is 9.88. The van der Waals surface area contributed by atoms with Gasteiger partial charge in [-0.3, -0.25) is 9.68 Å². The summed E-state index contributed by atoms with van der Waals surface area (Å²) in [5.74, 6) is 0. The summed E-state index contributed by atoms with van der Waals surface area (Å²) in [6.45, 7) is 0. The molecule has 0 aliphatic rings. The van der Waals surface area contributed by atoms with Gasteiger partial charge in [-0.2, -0.15) is 0 Å². The monoisotopic (exact) mass is 218 g/mol. The first-order valence-corrected chi connectivity index (χ1v) is 3.04. The van der Waals surface area contributed by atoms with Crippen LogP contribution in [0.3, 0.4) is 0 Å². The largest absolute Gasteiger partial charge is 0.738 e. The van der Waals surface area contributed by atoms with E-state index in [1.165, 1.54) is 7.11 Å². The van der Waals surface area contributed by atoms with Gasteiger partial charge in [0.05, 0.1) is 7.11 Å². The van der Waals surface area contributed by atoms with Crippen LogP contribution in [-0.2, 0) is 9.68 Å². The lowest BCUT2D eigenvalue weighted by atomic mass is 11.7. The standard InChI is InChI=1S/C2H5INO3/c1-6-4(5)7-2-3/h2H2,1H3/q-1. The van der Waals surface area contributed by atoms with Crippen LogP contribution >= 0.6 is 22.6 Å². The quantitative estimate of drug-likeness (QED) is 0.396. The molecule has 0 unspecified atom stereocenters. The second-order valence-electron chi connectivity index (χ2n) is 0.644. The lowest BCUT2D eigenvalue weighted by Gasteiger charge is -2.21. The van der Waals surface area contributed by atoms with E-state index in [2.05, 4.69) is 9.68 Å². The molecule has 4 nitrogen and oxygen atoms in total. The first-order chi connectivity index (χ1) is 3.31. The Labute approximate surface area is 55.0 Å². The van der Waals surface area contributed by atoms with Crippen molar-refractivity contribution in [1.29, 1.82) is 0 Å². The molecule has 0 aromatic rings. The molecule has 0 aliphatic carbocycles. The summed E-state index contributed by atoms with van der Waals surface area (Å²) in [5.41, 5.74) is 0. The molecule has 0 aromatic carbocycles. The summed E-state index contributed by atoms with van der Waals surface area (Å²) in [6, 6.07) is 0. The third kappa shape index (κ3) is 4.42. The van der Waals surface area contributed by atoms with Crippen molar-refractivity contribution in [3.8, 4) is 0 Å². The molecule has 0 aromatic heterocycles. The van der Waals surface area contributed by atoms with Gasteiger partial charge in [-0.1, -0.05) is 22.6 Å². The van der Waals surface area contributed by atoms with Gasteiger partial charge < -0.3 is 5.21 Å². The number of halogens is 1. The lowest BCUT2D eigenvalue weighted by Crippen LogP contribution is -2.13. The van der Waals surface area contributed by atoms with Crippen LogP contribution in [-0.4, -0.2) is 17.1 Å². The highest BCUT2D eigenvalue weighted by Crippen LogP contribution is 1.88. The van der Waals surface area contributed by atoms with E-state index < -0.39 is 0 Å². The molecule has 0 amide bonds. The first kappa shape index (κ1) is 7.57. The zero-order chi connectivity index (χ0) is 5.70. The zero-order valence-electron chi connectivity index (χ0n) is 3.76. The number of rotatable bonds is 3. The molecule has 0 aliphatic heterocycles. The topological polar surface area (TPSA) is 44.8 Å². The summed E-state index contributed by atoms with van der Waals surface area (Å²) in [7, 11) is 1.24. The lowest BCUT2D eigenvalue weighted by molar-refractivity contribution is -0.310. The molecule has 44 valence electrons. The van der Waals surface area contributed by atoms with Crippen molar-refractivity contribution in [2.75, 3.05) is 11.7 Å². The predicted octanol–water partition coefficient (Wildman–Crippen LogP) is 0.672. The third-order valence-corrected chi connectivity index (χ3v) is 0.582. The molecule has 0 saturated heterocycles. The minimum atomic E-state index is 0.0481. The Bertz CT molecular complexity index is 43.9. The Kier molecular flexibility index (Phi) is 5.11. The van der Waals surface area contributed by atoms with Crippen LogP contribution in [0.4, 0.5) is 0 Å². The molecule has 0 atom stereocenters. The summed E-state index contributed by atoms with van der Waals surface area (Å²) in [5, 5.41) is 9.93. The molecule has 0 rings (SSSR count). The minimum Gasteiger partial charge on any atom is -0.738 e. The highest BCUT2D eigenvalue weighted by atomic mass is 127. The summed E-state index contributed by atoms with van der Waals surface area (Å²) in [4.78, 5) is 8.27. The fourth-order valence-electron chi connectivity index (χ4n) is 0.0925.